The van der Waals surface area contributed by atoms with Crippen LogP contribution in [0.25, 0.3) is 0 Å². The highest BCUT2D eigenvalue weighted by Crippen LogP contribution is 2.45. The van der Waals surface area contributed by atoms with E-state index in [0.717, 1.165) is 16.0 Å². The number of amides is 2. The molecule has 1 heterocycles. The number of carbonyl (C=O) groups excluding carboxylic acids is 2. The molecule has 4 atom stereocenters. The Balaban J connectivity index is 1.63. The SMILES string of the molecule is CN1C(=O)[C@@H]2[C@@H](CC(COc3ccccc3)=C([C@H](O)CCc3ccccc3)[C@@H]2CO)C1=O. The number of ether oxygens (including phenoxy) is 1. The number of benzene rings is 2. The molecule has 2 aromatic rings. The predicted molar refractivity (Wildman–Crippen MR) is 120 cm³/mol. The van der Waals surface area contributed by atoms with E-state index in [0.29, 0.717) is 30.6 Å². The van der Waals surface area contributed by atoms with Gasteiger partial charge in [0.15, 0.2) is 0 Å². The molecule has 32 heavy (non-hydrogen) atoms. The summed E-state index contributed by atoms with van der Waals surface area (Å²) in [6.07, 6.45) is 0.634. The van der Waals surface area contributed by atoms with E-state index in [-0.39, 0.29) is 25.0 Å². The Morgan fingerprint density at radius 1 is 1.03 bits per heavy atom. The molecule has 6 heteroatoms. The van der Waals surface area contributed by atoms with E-state index >= 15 is 0 Å². The minimum Gasteiger partial charge on any atom is -0.489 e. The first kappa shape index (κ1) is 22.2. The Hall–Kier alpha value is -2.96. The van der Waals surface area contributed by atoms with Gasteiger partial charge in [0.2, 0.25) is 11.8 Å². The van der Waals surface area contributed by atoms with Gasteiger partial charge in [0.25, 0.3) is 0 Å². The zero-order valence-electron chi connectivity index (χ0n) is 18.2. The smallest absolute Gasteiger partial charge is 0.233 e. The molecule has 2 aliphatic rings. The molecule has 2 amide bonds. The summed E-state index contributed by atoms with van der Waals surface area (Å²) in [5.74, 6) is -1.59. The van der Waals surface area contributed by atoms with Gasteiger partial charge in [-0.3, -0.25) is 14.5 Å². The highest BCUT2D eigenvalue weighted by molar-refractivity contribution is 6.05. The van der Waals surface area contributed by atoms with Gasteiger partial charge in [0, 0.05) is 13.0 Å². The highest BCUT2D eigenvalue weighted by atomic mass is 16.5. The fourth-order valence-electron chi connectivity index (χ4n) is 5.04. The number of fused-ring (bicyclic) bond motifs is 1. The van der Waals surface area contributed by atoms with Crippen LogP contribution in [0.4, 0.5) is 0 Å². The van der Waals surface area contributed by atoms with Gasteiger partial charge in [-0.1, -0.05) is 48.5 Å². The van der Waals surface area contributed by atoms with Crippen LogP contribution in [0.15, 0.2) is 71.8 Å². The van der Waals surface area contributed by atoms with Gasteiger partial charge >= 0.3 is 0 Å². The van der Waals surface area contributed by atoms with Crippen LogP contribution in [-0.4, -0.2) is 53.3 Å². The van der Waals surface area contributed by atoms with Gasteiger partial charge in [-0.25, -0.2) is 0 Å². The molecule has 2 aromatic carbocycles. The molecule has 4 rings (SSSR count). The first-order valence-corrected chi connectivity index (χ1v) is 11.0. The summed E-state index contributed by atoms with van der Waals surface area (Å²) in [4.78, 5) is 26.7. The largest absolute Gasteiger partial charge is 0.489 e. The van der Waals surface area contributed by atoms with Gasteiger partial charge in [0.1, 0.15) is 12.4 Å². The maximum Gasteiger partial charge on any atom is 0.233 e. The molecule has 6 nitrogen and oxygen atoms in total. The topological polar surface area (TPSA) is 87.1 Å². The number of nitrogens with zero attached hydrogens (tertiary/aromatic N) is 1. The Morgan fingerprint density at radius 3 is 2.34 bits per heavy atom. The second-order valence-electron chi connectivity index (χ2n) is 8.56. The van der Waals surface area contributed by atoms with Gasteiger partial charge in [-0.2, -0.15) is 0 Å². The number of likely N-dealkylation sites (tertiary alicyclic amines) is 1. The van der Waals surface area contributed by atoms with E-state index in [2.05, 4.69) is 0 Å². The van der Waals surface area contributed by atoms with Crippen LogP contribution >= 0.6 is 0 Å². The lowest BCUT2D eigenvalue weighted by Gasteiger charge is -2.36. The van der Waals surface area contributed by atoms with Crippen molar-refractivity contribution in [2.75, 3.05) is 20.3 Å². The molecule has 1 saturated heterocycles. The Morgan fingerprint density at radius 2 is 1.69 bits per heavy atom. The molecule has 0 spiro atoms. The predicted octanol–water partition coefficient (Wildman–Crippen LogP) is 2.60. The van der Waals surface area contributed by atoms with Crippen molar-refractivity contribution < 1.29 is 24.5 Å². The average Bonchev–Trinajstić information content (AvgIpc) is 3.05. The van der Waals surface area contributed by atoms with Gasteiger partial charge in [0.05, 0.1) is 24.5 Å². The monoisotopic (exact) mass is 435 g/mol. The van der Waals surface area contributed by atoms with Gasteiger partial charge < -0.3 is 14.9 Å². The molecule has 0 aromatic heterocycles. The number of hydrogen-bond acceptors (Lipinski definition) is 5. The number of aliphatic hydroxyl groups is 2. The first-order valence-electron chi connectivity index (χ1n) is 11.0. The third-order valence-electron chi connectivity index (χ3n) is 6.67. The van der Waals surface area contributed by atoms with Crippen LogP contribution in [0.3, 0.4) is 0 Å². The van der Waals surface area contributed by atoms with Crippen molar-refractivity contribution in [1.82, 2.24) is 4.90 Å². The lowest BCUT2D eigenvalue weighted by Crippen LogP contribution is -2.40. The first-order chi connectivity index (χ1) is 15.5. The molecule has 0 radical (unpaired) electrons. The third kappa shape index (κ3) is 4.33. The normalized spacial score (nSPS) is 24.0. The molecule has 1 aliphatic heterocycles. The molecule has 0 bridgehead atoms. The lowest BCUT2D eigenvalue weighted by molar-refractivity contribution is -0.138. The van der Waals surface area contributed by atoms with Crippen LogP contribution in [0.5, 0.6) is 5.75 Å². The maximum atomic E-state index is 12.8. The number of carbonyl (C=O) groups is 2. The number of hydrogen-bond donors (Lipinski definition) is 2. The van der Waals surface area contributed by atoms with E-state index < -0.39 is 23.9 Å². The Bertz CT molecular complexity index is 988. The molecule has 1 fully saturated rings. The van der Waals surface area contributed by atoms with Crippen molar-refractivity contribution in [3.8, 4) is 5.75 Å². The average molecular weight is 436 g/mol. The van der Waals surface area contributed by atoms with Crippen LogP contribution < -0.4 is 4.74 Å². The Kier molecular flexibility index (Phi) is 6.72. The van der Waals surface area contributed by atoms with Crippen molar-refractivity contribution in [1.29, 1.82) is 0 Å². The number of aliphatic hydroxyl groups excluding tert-OH is 2. The fraction of sp³-hybridized carbons (Fsp3) is 0.385. The summed E-state index contributed by atoms with van der Waals surface area (Å²) in [7, 11) is 1.49. The van der Waals surface area contributed by atoms with Crippen molar-refractivity contribution in [2.45, 2.75) is 25.4 Å². The number of imide groups is 1. The second-order valence-corrected chi connectivity index (χ2v) is 8.56. The number of rotatable bonds is 8. The lowest BCUT2D eigenvalue weighted by atomic mass is 9.68. The summed E-state index contributed by atoms with van der Waals surface area (Å²) < 4.78 is 5.96. The minimum atomic E-state index is -0.837. The highest BCUT2D eigenvalue weighted by Gasteiger charge is 2.53. The van der Waals surface area contributed by atoms with Crippen LogP contribution in [0.2, 0.25) is 0 Å². The van der Waals surface area contributed by atoms with E-state index in [1.807, 2.05) is 60.7 Å². The molecular weight excluding hydrogens is 406 g/mol. The second kappa shape index (κ2) is 9.67. The quantitative estimate of drug-likeness (QED) is 0.492. The molecule has 1 aliphatic carbocycles. The van der Waals surface area contributed by atoms with Gasteiger partial charge in [-0.15, -0.1) is 0 Å². The molecular formula is C26H29NO5. The van der Waals surface area contributed by atoms with Crippen molar-refractivity contribution in [3.05, 3.63) is 77.4 Å². The zero-order chi connectivity index (χ0) is 22.7. The third-order valence-corrected chi connectivity index (χ3v) is 6.67. The summed E-state index contributed by atoms with van der Waals surface area (Å²) >= 11 is 0. The number of aryl methyl sites for hydroxylation is 1. The zero-order valence-corrected chi connectivity index (χ0v) is 18.2. The van der Waals surface area contributed by atoms with Crippen molar-refractivity contribution >= 4 is 11.8 Å². The standard InChI is InChI=1S/C26H29NO5/c1-27-25(30)20-14-18(16-32-19-10-6-3-7-11-19)23(21(15-28)24(20)26(27)31)22(29)13-12-17-8-4-2-5-9-17/h2-11,20-22,24,28-29H,12-16H2,1H3/t20-,21+,22-,24-/m1/s1. The number of para-hydroxylation sites is 1. The van der Waals surface area contributed by atoms with Crippen LogP contribution in [-0.2, 0) is 16.0 Å². The van der Waals surface area contributed by atoms with E-state index in [4.69, 9.17) is 4.74 Å². The summed E-state index contributed by atoms with van der Waals surface area (Å²) in [5, 5.41) is 21.5. The van der Waals surface area contributed by atoms with Gasteiger partial charge in [-0.05, 0) is 48.1 Å². The molecule has 2 N–H and O–H groups in total. The van der Waals surface area contributed by atoms with E-state index in [1.54, 1.807) is 0 Å². The van der Waals surface area contributed by atoms with Crippen molar-refractivity contribution in [3.63, 3.8) is 0 Å². The van der Waals surface area contributed by atoms with Crippen molar-refractivity contribution in [2.24, 2.45) is 17.8 Å². The summed E-state index contributed by atoms with van der Waals surface area (Å²) in [5.41, 5.74) is 2.55. The maximum absolute atomic E-state index is 12.8. The van der Waals surface area contributed by atoms with Crippen LogP contribution in [0.1, 0.15) is 18.4 Å². The minimum absolute atomic E-state index is 0.201. The molecule has 168 valence electrons. The summed E-state index contributed by atoms with van der Waals surface area (Å²) in [6, 6.07) is 19.2. The fourth-order valence-corrected chi connectivity index (χ4v) is 5.04. The Labute approximate surface area is 188 Å². The summed E-state index contributed by atoms with van der Waals surface area (Å²) in [6.45, 7) is -0.104. The van der Waals surface area contributed by atoms with E-state index in [9.17, 15) is 19.8 Å². The molecule has 0 unspecified atom stereocenters. The van der Waals surface area contributed by atoms with Crippen LogP contribution in [0, 0.1) is 17.8 Å². The van der Waals surface area contributed by atoms with E-state index in [1.165, 1.54) is 7.05 Å². The molecule has 0 saturated carbocycles.